The molecule has 0 unspecified atom stereocenters. The Bertz CT molecular complexity index is 102. The normalized spacial score (nSPS) is 10.0. The molecule has 0 radical (unpaired) electrons. The van der Waals surface area contributed by atoms with Crippen LogP contribution >= 0.6 is 0 Å². The van der Waals surface area contributed by atoms with Crippen LogP contribution in [0, 0.1) is 0 Å². The van der Waals surface area contributed by atoms with Crippen LogP contribution in [-0.2, 0) is 14.3 Å². The van der Waals surface area contributed by atoms with E-state index in [1.165, 1.54) is 0 Å². The maximum Gasteiger partial charge on any atom is 0.158 e. The molecule has 0 spiro atoms. The fourth-order valence-electron chi connectivity index (χ4n) is 0.679. The molecule has 0 aliphatic carbocycles. The number of methoxy groups -OCH3 is 1. The molecule has 0 fully saturated rings. The third-order valence-corrected chi connectivity index (χ3v) is 1.22. The average molecular weight is 160 g/mol. The predicted octanol–water partition coefficient (Wildman–Crippen LogP) is 1.02. The van der Waals surface area contributed by atoms with E-state index in [9.17, 15) is 4.79 Å². The van der Waals surface area contributed by atoms with Gasteiger partial charge >= 0.3 is 0 Å². The van der Waals surface area contributed by atoms with Gasteiger partial charge in [0.2, 0.25) is 0 Å². The van der Waals surface area contributed by atoms with Gasteiger partial charge in [0, 0.05) is 13.5 Å². The van der Waals surface area contributed by atoms with Crippen molar-refractivity contribution in [2.45, 2.75) is 19.8 Å². The van der Waals surface area contributed by atoms with Crippen molar-refractivity contribution in [3.63, 3.8) is 0 Å². The zero-order chi connectivity index (χ0) is 8.53. The van der Waals surface area contributed by atoms with E-state index in [0.29, 0.717) is 19.6 Å². The minimum Gasteiger partial charge on any atom is -0.382 e. The zero-order valence-electron chi connectivity index (χ0n) is 7.26. The maximum absolute atomic E-state index is 10.8. The van der Waals surface area contributed by atoms with E-state index in [1.807, 2.05) is 6.92 Å². The summed E-state index contributed by atoms with van der Waals surface area (Å²) in [5.74, 6) is 0.170. The van der Waals surface area contributed by atoms with Crippen molar-refractivity contribution in [1.29, 1.82) is 0 Å². The predicted molar refractivity (Wildman–Crippen MR) is 42.6 cm³/mol. The number of carbonyl (C=O) groups excluding carboxylic acids is 1. The fourth-order valence-corrected chi connectivity index (χ4v) is 0.679. The van der Waals surface area contributed by atoms with E-state index < -0.39 is 0 Å². The standard InChI is InChI=1S/C8H16O3/c1-3-4-8(9)7-11-6-5-10-2/h3-7H2,1-2H3. The summed E-state index contributed by atoms with van der Waals surface area (Å²) >= 11 is 0. The first-order valence-corrected chi connectivity index (χ1v) is 3.89. The molecule has 0 aromatic carbocycles. The van der Waals surface area contributed by atoms with Gasteiger partial charge in [-0.3, -0.25) is 4.79 Å². The first kappa shape index (κ1) is 10.6. The van der Waals surface area contributed by atoms with Gasteiger partial charge in [-0.05, 0) is 6.42 Å². The Hall–Kier alpha value is -0.410. The number of ether oxygens (including phenoxy) is 2. The summed E-state index contributed by atoms with van der Waals surface area (Å²) in [6.45, 7) is 3.27. The molecular formula is C8H16O3. The van der Waals surface area contributed by atoms with Gasteiger partial charge in [-0.15, -0.1) is 0 Å². The molecule has 0 heterocycles. The third kappa shape index (κ3) is 7.49. The van der Waals surface area contributed by atoms with Gasteiger partial charge in [-0.1, -0.05) is 6.92 Å². The lowest BCUT2D eigenvalue weighted by atomic mass is 10.2. The van der Waals surface area contributed by atoms with Gasteiger partial charge in [0.1, 0.15) is 6.61 Å². The lowest BCUT2D eigenvalue weighted by Gasteiger charge is -2.00. The summed E-state index contributed by atoms with van der Waals surface area (Å²) < 4.78 is 9.76. The van der Waals surface area contributed by atoms with E-state index in [4.69, 9.17) is 9.47 Å². The third-order valence-electron chi connectivity index (χ3n) is 1.22. The number of Topliss-reactive ketones (excluding diaryl/α,β-unsaturated/α-hetero) is 1. The Morgan fingerprint density at radius 3 is 2.64 bits per heavy atom. The Morgan fingerprint density at radius 1 is 1.36 bits per heavy atom. The molecule has 66 valence electrons. The SMILES string of the molecule is CCCC(=O)COCCOC. The van der Waals surface area contributed by atoms with Gasteiger partial charge in [-0.25, -0.2) is 0 Å². The molecular weight excluding hydrogens is 144 g/mol. The average Bonchev–Trinajstić information content (AvgIpc) is 1.99. The van der Waals surface area contributed by atoms with Crippen molar-refractivity contribution >= 4 is 5.78 Å². The molecule has 0 atom stereocenters. The summed E-state index contributed by atoms with van der Waals surface area (Å²) in [4.78, 5) is 10.8. The van der Waals surface area contributed by atoms with Gasteiger partial charge in [0.05, 0.1) is 13.2 Å². The van der Waals surface area contributed by atoms with Gasteiger partial charge in [-0.2, -0.15) is 0 Å². The second-order valence-corrected chi connectivity index (χ2v) is 2.33. The van der Waals surface area contributed by atoms with Gasteiger partial charge < -0.3 is 9.47 Å². The van der Waals surface area contributed by atoms with Crippen LogP contribution in [0.5, 0.6) is 0 Å². The van der Waals surface area contributed by atoms with Crippen molar-refractivity contribution < 1.29 is 14.3 Å². The highest BCUT2D eigenvalue weighted by Gasteiger charge is 1.98. The number of rotatable bonds is 7. The van der Waals surface area contributed by atoms with E-state index in [-0.39, 0.29) is 12.4 Å². The molecule has 0 rings (SSSR count). The molecule has 11 heavy (non-hydrogen) atoms. The topological polar surface area (TPSA) is 35.5 Å². The van der Waals surface area contributed by atoms with E-state index in [2.05, 4.69) is 0 Å². The monoisotopic (exact) mass is 160 g/mol. The summed E-state index contributed by atoms with van der Waals surface area (Å²) in [6.07, 6.45) is 1.51. The molecule has 0 saturated heterocycles. The van der Waals surface area contributed by atoms with Crippen LogP contribution in [0.15, 0.2) is 0 Å². The first-order chi connectivity index (χ1) is 5.31. The highest BCUT2D eigenvalue weighted by Crippen LogP contribution is 1.89. The van der Waals surface area contributed by atoms with Crippen LogP contribution in [0.4, 0.5) is 0 Å². The van der Waals surface area contributed by atoms with E-state index in [1.54, 1.807) is 7.11 Å². The van der Waals surface area contributed by atoms with Crippen LogP contribution in [-0.4, -0.2) is 32.7 Å². The Kier molecular flexibility index (Phi) is 7.41. The molecule has 0 bridgehead atoms. The fraction of sp³-hybridized carbons (Fsp3) is 0.875. The molecule has 0 amide bonds. The van der Waals surface area contributed by atoms with Gasteiger partial charge in [0.15, 0.2) is 5.78 Å². The van der Waals surface area contributed by atoms with Crippen molar-refractivity contribution in [3.8, 4) is 0 Å². The molecule has 0 aliphatic heterocycles. The molecule has 0 N–H and O–H groups in total. The molecule has 0 aromatic heterocycles. The first-order valence-electron chi connectivity index (χ1n) is 3.89. The Balaban J connectivity index is 3.04. The zero-order valence-corrected chi connectivity index (χ0v) is 7.26. The number of hydrogen-bond acceptors (Lipinski definition) is 3. The molecule has 3 heteroatoms. The van der Waals surface area contributed by atoms with Gasteiger partial charge in [0.25, 0.3) is 0 Å². The summed E-state index contributed by atoms with van der Waals surface area (Å²) in [6, 6.07) is 0. The van der Waals surface area contributed by atoms with E-state index in [0.717, 1.165) is 6.42 Å². The second-order valence-electron chi connectivity index (χ2n) is 2.33. The largest absolute Gasteiger partial charge is 0.382 e. The summed E-state index contributed by atoms with van der Waals surface area (Å²) in [7, 11) is 1.61. The van der Waals surface area contributed by atoms with Crippen molar-refractivity contribution in [3.05, 3.63) is 0 Å². The molecule has 0 aromatic rings. The highest BCUT2D eigenvalue weighted by atomic mass is 16.5. The Labute approximate surface area is 67.7 Å². The maximum atomic E-state index is 10.8. The van der Waals surface area contributed by atoms with Crippen LogP contribution < -0.4 is 0 Å². The van der Waals surface area contributed by atoms with Crippen LogP contribution in [0.25, 0.3) is 0 Å². The Morgan fingerprint density at radius 2 is 2.09 bits per heavy atom. The minimum absolute atomic E-state index is 0.170. The number of ketones is 1. The quantitative estimate of drug-likeness (QED) is 0.521. The molecule has 3 nitrogen and oxygen atoms in total. The second kappa shape index (κ2) is 7.69. The van der Waals surface area contributed by atoms with Crippen molar-refractivity contribution in [2.24, 2.45) is 0 Å². The van der Waals surface area contributed by atoms with Crippen LogP contribution in [0.1, 0.15) is 19.8 Å². The molecule has 0 aliphatic rings. The molecule has 0 saturated carbocycles. The van der Waals surface area contributed by atoms with Crippen molar-refractivity contribution in [1.82, 2.24) is 0 Å². The number of hydrogen-bond donors (Lipinski definition) is 0. The summed E-state index contributed by atoms with van der Waals surface area (Å²) in [5.41, 5.74) is 0. The highest BCUT2D eigenvalue weighted by molar-refractivity contribution is 5.79. The summed E-state index contributed by atoms with van der Waals surface area (Å²) in [5, 5.41) is 0. The lowest BCUT2D eigenvalue weighted by Crippen LogP contribution is -2.11. The lowest BCUT2D eigenvalue weighted by molar-refractivity contribution is -0.124. The minimum atomic E-state index is 0.170. The van der Waals surface area contributed by atoms with Crippen molar-refractivity contribution in [2.75, 3.05) is 26.9 Å². The van der Waals surface area contributed by atoms with Crippen LogP contribution in [0.3, 0.4) is 0 Å². The number of carbonyl (C=O) groups is 1. The van der Waals surface area contributed by atoms with Crippen LogP contribution in [0.2, 0.25) is 0 Å². The smallest absolute Gasteiger partial charge is 0.158 e. The van der Waals surface area contributed by atoms with E-state index >= 15 is 0 Å².